The zero-order chi connectivity index (χ0) is 24.0. The minimum Gasteiger partial charge on any atom is -0.506 e. The summed E-state index contributed by atoms with van der Waals surface area (Å²) in [5.74, 6) is -3.53. The van der Waals surface area contributed by atoms with E-state index in [9.17, 15) is 40.2 Å². The van der Waals surface area contributed by atoms with Crippen molar-refractivity contribution < 1.29 is 54.4 Å². The Hall–Kier alpha value is -2.96. The smallest absolute Gasteiger partial charge is 0.342 e. The number of hydrogen-bond acceptors (Lipinski definition) is 10. The lowest BCUT2D eigenvalue weighted by molar-refractivity contribution is -0.277. The van der Waals surface area contributed by atoms with Gasteiger partial charge in [-0.2, -0.15) is 0 Å². The number of carbonyl (C=O) groups is 2. The van der Waals surface area contributed by atoms with Crippen LogP contribution in [0.4, 0.5) is 0 Å². The molecule has 0 unspecified atom stereocenters. The van der Waals surface area contributed by atoms with Gasteiger partial charge in [0.1, 0.15) is 47.6 Å². The molecule has 4 rings (SSSR count). The number of hydrogen-bond donors (Lipinski definition) is 6. The van der Waals surface area contributed by atoms with Crippen LogP contribution < -0.4 is 4.74 Å². The van der Waals surface area contributed by atoms with Gasteiger partial charge < -0.3 is 44.8 Å². The van der Waals surface area contributed by atoms with Gasteiger partial charge in [0, 0.05) is 22.8 Å². The summed E-state index contributed by atoms with van der Waals surface area (Å²) in [4.78, 5) is 24.2. The maximum Gasteiger partial charge on any atom is 0.342 e. The second-order valence-corrected chi connectivity index (χ2v) is 8.17. The van der Waals surface area contributed by atoms with E-state index in [1.807, 2.05) is 0 Å². The quantitative estimate of drug-likeness (QED) is 0.314. The van der Waals surface area contributed by atoms with Crippen LogP contribution in [-0.4, -0.2) is 86.0 Å². The summed E-state index contributed by atoms with van der Waals surface area (Å²) < 4.78 is 16.6. The monoisotopic (exact) mass is 464 g/mol. The van der Waals surface area contributed by atoms with Crippen LogP contribution in [0.5, 0.6) is 11.5 Å². The Morgan fingerprint density at radius 2 is 1.82 bits per heavy atom. The van der Waals surface area contributed by atoms with Crippen LogP contribution >= 0.6 is 0 Å². The SMILES string of the molecule is C[C@@H](C(=O)O)[C@H]1Cc2c(c(O)c3ccccc3c2O[C@@H]2O[C@H](CO)[C@@H](O)[C@H](O)[C@H]2O)C(=O)O1. The minimum absolute atomic E-state index is 0.0157. The van der Waals surface area contributed by atoms with Crippen LogP contribution in [0.25, 0.3) is 10.8 Å². The number of phenols is 1. The third kappa shape index (κ3) is 3.87. The van der Waals surface area contributed by atoms with E-state index >= 15 is 0 Å². The lowest BCUT2D eigenvalue weighted by Crippen LogP contribution is -2.60. The summed E-state index contributed by atoms with van der Waals surface area (Å²) >= 11 is 0. The van der Waals surface area contributed by atoms with Gasteiger partial charge in [0.15, 0.2) is 0 Å². The van der Waals surface area contributed by atoms with Crippen molar-refractivity contribution in [1.82, 2.24) is 0 Å². The lowest BCUT2D eigenvalue weighted by atomic mass is 9.88. The lowest BCUT2D eigenvalue weighted by Gasteiger charge is -2.40. The van der Waals surface area contributed by atoms with Crippen LogP contribution in [0.3, 0.4) is 0 Å². The molecule has 0 saturated carbocycles. The van der Waals surface area contributed by atoms with Crippen molar-refractivity contribution in [3.05, 3.63) is 35.4 Å². The number of aliphatic hydroxyl groups excluding tert-OH is 4. The predicted molar refractivity (Wildman–Crippen MR) is 110 cm³/mol. The Balaban J connectivity index is 1.84. The summed E-state index contributed by atoms with van der Waals surface area (Å²) in [5.41, 5.74) is -0.0559. The number of phenolic OH excluding ortho intramolecular Hbond substituents is 1. The Morgan fingerprint density at radius 3 is 2.45 bits per heavy atom. The molecule has 0 aromatic heterocycles. The summed E-state index contributed by atoms with van der Waals surface area (Å²) in [6, 6.07) is 6.39. The molecule has 2 aliphatic rings. The minimum atomic E-state index is -1.71. The molecule has 6 N–H and O–H groups in total. The Morgan fingerprint density at radius 1 is 1.15 bits per heavy atom. The number of benzene rings is 2. The van der Waals surface area contributed by atoms with Crippen molar-refractivity contribution >= 4 is 22.7 Å². The number of cyclic esters (lactones) is 1. The van der Waals surface area contributed by atoms with Crippen LogP contribution in [0.2, 0.25) is 0 Å². The highest BCUT2D eigenvalue weighted by Gasteiger charge is 2.46. The molecule has 0 spiro atoms. The van der Waals surface area contributed by atoms with E-state index in [0.717, 1.165) is 0 Å². The van der Waals surface area contributed by atoms with E-state index in [0.29, 0.717) is 5.39 Å². The van der Waals surface area contributed by atoms with E-state index in [1.54, 1.807) is 18.2 Å². The molecule has 33 heavy (non-hydrogen) atoms. The maximum atomic E-state index is 12.8. The number of aromatic hydroxyl groups is 1. The third-order valence-corrected chi connectivity index (χ3v) is 6.14. The highest BCUT2D eigenvalue weighted by Crippen LogP contribution is 2.45. The number of fused-ring (bicyclic) bond motifs is 2. The number of carboxylic acids is 1. The van der Waals surface area contributed by atoms with Gasteiger partial charge in [0.25, 0.3) is 0 Å². The maximum absolute atomic E-state index is 12.8. The molecule has 11 heteroatoms. The Labute approximate surface area is 187 Å². The average molecular weight is 464 g/mol. The molecule has 0 bridgehead atoms. The number of carbonyl (C=O) groups excluding carboxylic acids is 1. The second-order valence-electron chi connectivity index (χ2n) is 8.17. The van der Waals surface area contributed by atoms with Crippen molar-refractivity contribution in [2.24, 2.45) is 5.92 Å². The average Bonchev–Trinajstić information content (AvgIpc) is 2.80. The fourth-order valence-corrected chi connectivity index (χ4v) is 4.15. The van der Waals surface area contributed by atoms with Gasteiger partial charge in [-0.15, -0.1) is 0 Å². The van der Waals surface area contributed by atoms with Crippen LogP contribution in [-0.2, 0) is 20.7 Å². The van der Waals surface area contributed by atoms with Crippen molar-refractivity contribution in [2.45, 2.75) is 50.2 Å². The predicted octanol–water partition coefficient (Wildman–Crippen LogP) is -0.474. The molecule has 11 nitrogen and oxygen atoms in total. The molecule has 2 aromatic rings. The molecule has 0 aliphatic carbocycles. The van der Waals surface area contributed by atoms with Gasteiger partial charge in [-0.05, 0) is 6.92 Å². The molecule has 0 amide bonds. The van der Waals surface area contributed by atoms with Gasteiger partial charge in [-0.25, -0.2) is 4.79 Å². The number of ether oxygens (including phenoxy) is 3. The molecular weight excluding hydrogens is 440 g/mol. The van der Waals surface area contributed by atoms with Crippen LogP contribution in [0.1, 0.15) is 22.8 Å². The summed E-state index contributed by atoms with van der Waals surface area (Å²) in [5, 5.41) is 60.7. The topological polar surface area (TPSA) is 183 Å². The molecule has 7 atom stereocenters. The third-order valence-electron chi connectivity index (χ3n) is 6.14. The van der Waals surface area contributed by atoms with E-state index in [1.165, 1.54) is 13.0 Å². The van der Waals surface area contributed by atoms with Crippen molar-refractivity contribution in [3.8, 4) is 11.5 Å². The van der Waals surface area contributed by atoms with E-state index in [4.69, 9.17) is 14.2 Å². The highest BCUT2D eigenvalue weighted by molar-refractivity contribution is 6.06. The molecule has 0 radical (unpaired) electrons. The number of carboxylic acid groups (broad SMARTS) is 1. The zero-order valence-corrected chi connectivity index (χ0v) is 17.5. The summed E-state index contributed by atoms with van der Waals surface area (Å²) in [6.45, 7) is 0.716. The van der Waals surface area contributed by atoms with Gasteiger partial charge in [-0.3, -0.25) is 4.79 Å². The fraction of sp³-hybridized carbons (Fsp3) is 0.455. The van der Waals surface area contributed by atoms with E-state index < -0.39 is 61.3 Å². The first kappa shape index (κ1) is 23.2. The van der Waals surface area contributed by atoms with Gasteiger partial charge in [-0.1, -0.05) is 24.3 Å². The number of rotatable bonds is 5. The zero-order valence-electron chi connectivity index (χ0n) is 17.5. The first-order valence-corrected chi connectivity index (χ1v) is 10.3. The van der Waals surface area contributed by atoms with Gasteiger partial charge >= 0.3 is 11.9 Å². The number of esters is 1. The second kappa shape index (κ2) is 8.76. The standard InChI is InChI=1S/C22H24O11/c1-8(20(28)29)12-6-11-14(21(30)31-12)15(24)9-4-2-3-5-10(9)19(11)33-22-18(27)17(26)16(25)13(7-23)32-22/h2-5,8,12-13,16-18,22-27H,6-7H2,1H3,(H,28,29)/t8-,12-,13-,16-,17+,18-,22+/m1/s1. The molecular formula is C22H24O11. The molecule has 178 valence electrons. The largest absolute Gasteiger partial charge is 0.506 e. The van der Waals surface area contributed by atoms with Gasteiger partial charge in [0.05, 0.1) is 12.5 Å². The normalized spacial score (nSPS) is 30.4. The number of aliphatic hydroxyl groups is 4. The van der Waals surface area contributed by atoms with E-state index in [-0.39, 0.29) is 34.4 Å². The molecule has 1 fully saturated rings. The molecule has 1 saturated heterocycles. The van der Waals surface area contributed by atoms with Crippen molar-refractivity contribution in [3.63, 3.8) is 0 Å². The Bertz CT molecular complexity index is 1080. The van der Waals surface area contributed by atoms with E-state index in [2.05, 4.69) is 0 Å². The van der Waals surface area contributed by atoms with Gasteiger partial charge in [0.2, 0.25) is 6.29 Å². The molecule has 2 heterocycles. The summed E-state index contributed by atoms with van der Waals surface area (Å²) in [7, 11) is 0. The van der Waals surface area contributed by atoms with Crippen molar-refractivity contribution in [1.29, 1.82) is 0 Å². The highest BCUT2D eigenvalue weighted by atomic mass is 16.7. The first-order chi connectivity index (χ1) is 15.6. The summed E-state index contributed by atoms with van der Waals surface area (Å²) in [6.07, 6.45) is -8.94. The van der Waals surface area contributed by atoms with Crippen molar-refractivity contribution in [2.75, 3.05) is 6.61 Å². The number of aliphatic carboxylic acids is 1. The Kier molecular flexibility index (Phi) is 6.16. The van der Waals surface area contributed by atoms with Crippen LogP contribution in [0.15, 0.2) is 24.3 Å². The fourth-order valence-electron chi connectivity index (χ4n) is 4.15. The first-order valence-electron chi connectivity index (χ1n) is 10.3. The molecule has 2 aliphatic heterocycles. The molecule has 2 aromatic carbocycles. The van der Waals surface area contributed by atoms with Crippen LogP contribution in [0, 0.1) is 5.92 Å².